The number of ether oxygens (including phenoxy) is 1. The first-order valence-corrected chi connectivity index (χ1v) is 9.77. The van der Waals surface area contributed by atoms with Crippen LogP contribution in [0.1, 0.15) is 22.0 Å². The van der Waals surface area contributed by atoms with Crippen LogP contribution in [-0.2, 0) is 27.1 Å². The lowest BCUT2D eigenvalue weighted by Crippen LogP contribution is -2.38. The van der Waals surface area contributed by atoms with Crippen molar-refractivity contribution >= 4 is 37.2 Å². The van der Waals surface area contributed by atoms with Crippen molar-refractivity contribution in [2.75, 3.05) is 13.7 Å². The summed E-state index contributed by atoms with van der Waals surface area (Å²) in [6, 6.07) is 9.16. The summed E-state index contributed by atoms with van der Waals surface area (Å²) < 4.78 is 13.6. The number of thiophene rings is 1. The first-order chi connectivity index (χ1) is 11.9. The molecule has 0 saturated carbocycles. The molecule has 1 unspecified atom stereocenters. The zero-order chi connectivity index (χ0) is 18.4. The summed E-state index contributed by atoms with van der Waals surface area (Å²) in [5, 5.41) is 2.71. The highest BCUT2D eigenvalue weighted by molar-refractivity contribution is 7.29. The molecule has 1 aromatic carbocycles. The van der Waals surface area contributed by atoms with E-state index in [1.807, 2.05) is 24.3 Å². The minimum absolute atomic E-state index is 0.262. The van der Waals surface area contributed by atoms with Gasteiger partial charge in [0.2, 0.25) is 0 Å². The molecule has 134 valence electrons. The maximum atomic E-state index is 12.3. The normalized spacial score (nSPS) is 15.4. The van der Waals surface area contributed by atoms with Crippen molar-refractivity contribution in [2.24, 2.45) is 0 Å². The molecule has 0 radical (unpaired) electrons. The molecule has 1 aromatic heterocycles. The fourth-order valence-corrected chi connectivity index (χ4v) is 3.90. The second kappa shape index (κ2) is 9.38. The highest BCUT2D eigenvalue weighted by Crippen LogP contribution is 2.33. The van der Waals surface area contributed by atoms with Crippen LogP contribution in [0.15, 0.2) is 35.7 Å². The van der Waals surface area contributed by atoms with Crippen molar-refractivity contribution in [3.63, 3.8) is 0 Å². The maximum Gasteiger partial charge on any atom is 0.485 e. The van der Waals surface area contributed by atoms with Crippen molar-refractivity contribution < 1.29 is 23.9 Å². The van der Waals surface area contributed by atoms with Gasteiger partial charge in [0.05, 0.1) is 7.11 Å². The molecule has 0 saturated heterocycles. The lowest BCUT2D eigenvalue weighted by molar-refractivity contribution is -0.180. The van der Waals surface area contributed by atoms with Gasteiger partial charge in [0, 0.05) is 23.0 Å². The third-order valence-electron chi connectivity index (χ3n) is 3.83. The van der Waals surface area contributed by atoms with E-state index in [2.05, 4.69) is 16.3 Å². The van der Waals surface area contributed by atoms with E-state index in [1.54, 1.807) is 11.3 Å². The summed E-state index contributed by atoms with van der Waals surface area (Å²) in [5.41, 5.74) is 2.11. The second-order valence-electron chi connectivity index (χ2n) is 5.27. The Bertz CT molecular complexity index is 750. The summed E-state index contributed by atoms with van der Waals surface area (Å²) in [6.07, 6.45) is 0.963. The Labute approximate surface area is 155 Å². The van der Waals surface area contributed by atoms with E-state index in [-0.39, 0.29) is 5.97 Å². The highest BCUT2D eigenvalue weighted by Gasteiger charge is 2.32. The molecule has 0 spiro atoms. The molecule has 1 aliphatic heterocycles. The van der Waals surface area contributed by atoms with E-state index >= 15 is 0 Å². The third-order valence-corrected chi connectivity index (χ3v) is 5.19. The Morgan fingerprint density at radius 3 is 2.76 bits per heavy atom. The van der Waals surface area contributed by atoms with E-state index in [4.69, 9.17) is 30.7 Å². The maximum absolute atomic E-state index is 12.3. The molecule has 0 fully saturated rings. The van der Waals surface area contributed by atoms with Crippen LogP contribution in [0.25, 0.3) is 0 Å². The van der Waals surface area contributed by atoms with Crippen molar-refractivity contribution in [3.8, 4) is 0 Å². The van der Waals surface area contributed by atoms with E-state index < -0.39 is 14.3 Å². The number of methoxy groups -OCH3 is 1. The minimum atomic E-state index is -3.12. The first kappa shape index (κ1) is 20.0. The van der Waals surface area contributed by atoms with Crippen LogP contribution < -0.4 is 4.89 Å². The van der Waals surface area contributed by atoms with Crippen molar-refractivity contribution in [1.82, 2.24) is 4.90 Å². The SMILES string of the molecule is COC(=O)[C@@H](c1ccccc1Cl)N1CCc2sccc2C1.O=[P+]([O-])O. The average molecular weight is 402 g/mol. The molecule has 0 amide bonds. The number of nitrogens with zero attached hydrogens (tertiary/aromatic N) is 1. The second-order valence-corrected chi connectivity index (χ2v) is 7.16. The van der Waals surface area contributed by atoms with Gasteiger partial charge in [-0.15, -0.1) is 11.3 Å². The fourth-order valence-electron chi connectivity index (χ4n) is 2.77. The Morgan fingerprint density at radius 2 is 2.12 bits per heavy atom. The standard InChI is InChI=1S/C16H16ClNO2S.HO3P/c1-20-16(19)15(12-4-2-3-5-13(12)17)18-8-6-14-11(10-18)7-9-21-14;1-4(2)3/h2-5,7,9,15H,6,8,10H2,1H3;(H,1,2,3)/t15-;/m1./s1. The average Bonchev–Trinajstić information content (AvgIpc) is 3.04. The number of carbonyl (C=O) groups excluding carboxylic acids is 1. The molecule has 3 rings (SSSR count). The van der Waals surface area contributed by atoms with Gasteiger partial charge in [-0.2, -0.15) is 4.89 Å². The van der Waals surface area contributed by atoms with Gasteiger partial charge in [-0.1, -0.05) is 29.8 Å². The lowest BCUT2D eigenvalue weighted by atomic mass is 10.0. The number of hydrogen-bond donors (Lipinski definition) is 1. The zero-order valence-electron chi connectivity index (χ0n) is 13.4. The summed E-state index contributed by atoms with van der Waals surface area (Å²) in [6.45, 7) is 1.59. The minimum Gasteiger partial charge on any atom is -0.567 e. The number of rotatable bonds is 3. The molecule has 2 atom stereocenters. The Hall–Kier alpha value is -1.34. The summed E-state index contributed by atoms with van der Waals surface area (Å²) >= 11 is 8.07. The van der Waals surface area contributed by atoms with Crippen molar-refractivity contribution in [2.45, 2.75) is 19.0 Å². The summed E-state index contributed by atoms with van der Waals surface area (Å²) in [7, 11) is -1.70. The molecular formula is C16H17ClNO5PS. The smallest absolute Gasteiger partial charge is 0.485 e. The topological polar surface area (TPSA) is 89.9 Å². The third kappa shape index (κ3) is 5.31. The van der Waals surface area contributed by atoms with Gasteiger partial charge in [0.15, 0.2) is 0 Å². The van der Waals surface area contributed by atoms with Gasteiger partial charge < -0.3 is 9.63 Å². The predicted octanol–water partition coefficient (Wildman–Crippen LogP) is 2.67. The molecule has 2 heterocycles. The Morgan fingerprint density at radius 1 is 1.44 bits per heavy atom. The van der Waals surface area contributed by atoms with Gasteiger partial charge in [-0.25, -0.2) is 4.79 Å². The van der Waals surface area contributed by atoms with Crippen LogP contribution in [0.3, 0.4) is 0 Å². The van der Waals surface area contributed by atoms with Crippen LogP contribution in [0.2, 0.25) is 5.02 Å². The monoisotopic (exact) mass is 401 g/mol. The largest absolute Gasteiger partial charge is 0.567 e. The van der Waals surface area contributed by atoms with Gasteiger partial charge in [-0.05, 0) is 39.6 Å². The van der Waals surface area contributed by atoms with Crippen LogP contribution >= 0.6 is 31.2 Å². The number of carbonyl (C=O) groups is 1. The molecular weight excluding hydrogens is 385 g/mol. The van der Waals surface area contributed by atoms with Crippen LogP contribution in [0.5, 0.6) is 0 Å². The van der Waals surface area contributed by atoms with Gasteiger partial charge in [0.25, 0.3) is 0 Å². The van der Waals surface area contributed by atoms with E-state index in [0.717, 1.165) is 25.1 Å². The molecule has 9 heteroatoms. The number of esters is 1. The Kier molecular flexibility index (Phi) is 7.50. The fraction of sp³-hybridized carbons (Fsp3) is 0.312. The van der Waals surface area contributed by atoms with Crippen LogP contribution in [0, 0.1) is 0 Å². The van der Waals surface area contributed by atoms with Gasteiger partial charge in [-0.3, -0.25) is 4.90 Å². The van der Waals surface area contributed by atoms with Crippen molar-refractivity contribution in [1.29, 1.82) is 0 Å². The number of benzene rings is 1. The van der Waals surface area contributed by atoms with Crippen LogP contribution in [-0.4, -0.2) is 29.4 Å². The lowest BCUT2D eigenvalue weighted by Gasteiger charge is -2.33. The first-order valence-electron chi connectivity index (χ1n) is 7.38. The molecule has 1 aliphatic rings. The highest BCUT2D eigenvalue weighted by atomic mass is 35.5. The Balaban J connectivity index is 0.000000511. The van der Waals surface area contributed by atoms with E-state index in [9.17, 15) is 4.79 Å². The number of hydrogen-bond acceptors (Lipinski definition) is 6. The molecule has 0 bridgehead atoms. The quantitative estimate of drug-likeness (QED) is 0.628. The van der Waals surface area contributed by atoms with Gasteiger partial charge >= 0.3 is 14.2 Å². The summed E-state index contributed by atoms with van der Waals surface area (Å²) in [4.78, 5) is 31.4. The molecule has 0 aliphatic carbocycles. The predicted molar refractivity (Wildman–Crippen MR) is 94.5 cm³/mol. The van der Waals surface area contributed by atoms with Crippen molar-refractivity contribution in [3.05, 3.63) is 56.7 Å². The summed E-state index contributed by atoms with van der Waals surface area (Å²) in [5.74, 6) is -0.262. The molecule has 2 aromatic rings. The van der Waals surface area contributed by atoms with Gasteiger partial charge in [0.1, 0.15) is 6.04 Å². The number of fused-ring (bicyclic) bond motifs is 1. The zero-order valence-corrected chi connectivity index (χ0v) is 15.9. The molecule has 6 nitrogen and oxygen atoms in total. The molecule has 1 N–H and O–H groups in total. The van der Waals surface area contributed by atoms with Crippen LogP contribution in [0.4, 0.5) is 0 Å². The van der Waals surface area contributed by atoms with E-state index in [0.29, 0.717) is 5.02 Å². The number of halogens is 1. The van der Waals surface area contributed by atoms with E-state index in [1.165, 1.54) is 17.6 Å². The molecule has 25 heavy (non-hydrogen) atoms.